The fourth-order valence-corrected chi connectivity index (χ4v) is 1.81. The zero-order valence-electron chi connectivity index (χ0n) is 9.78. The van der Waals surface area contributed by atoms with Gasteiger partial charge in [0, 0.05) is 11.4 Å². The van der Waals surface area contributed by atoms with Gasteiger partial charge in [-0.15, -0.1) is 0 Å². The van der Waals surface area contributed by atoms with Gasteiger partial charge >= 0.3 is 0 Å². The predicted octanol–water partition coefficient (Wildman–Crippen LogP) is 2.90. The smallest absolute Gasteiger partial charge is 0.250 e. The van der Waals surface area contributed by atoms with E-state index < -0.39 is 11.7 Å². The highest BCUT2D eigenvalue weighted by Crippen LogP contribution is 2.27. The number of nitrogens with two attached hydrogens (primary N) is 2. The molecule has 4 nitrogen and oxygen atoms in total. The summed E-state index contributed by atoms with van der Waals surface area (Å²) in [4.78, 5) is 11.2. The Kier molecular flexibility index (Phi) is 3.57. The highest BCUT2D eigenvalue weighted by Gasteiger charge is 2.08. The van der Waals surface area contributed by atoms with Crippen molar-refractivity contribution in [3.63, 3.8) is 0 Å². The van der Waals surface area contributed by atoms with Crippen LogP contribution in [0.25, 0.3) is 0 Å². The maximum Gasteiger partial charge on any atom is 0.250 e. The van der Waals surface area contributed by atoms with Gasteiger partial charge < -0.3 is 16.8 Å². The monoisotopic (exact) mass is 279 g/mol. The highest BCUT2D eigenvalue weighted by molar-refractivity contribution is 6.33. The first-order chi connectivity index (χ1) is 8.97. The van der Waals surface area contributed by atoms with E-state index in [-0.39, 0.29) is 10.6 Å². The number of carbonyl (C=O) groups excluding carboxylic acids is 1. The molecular weight excluding hydrogens is 269 g/mol. The minimum absolute atomic E-state index is 0.211. The SMILES string of the molecule is NC(=O)c1cc(Nc2ccc(F)cc2Cl)ccc1N. The van der Waals surface area contributed by atoms with E-state index >= 15 is 0 Å². The molecular formula is C13H11ClFN3O. The van der Waals surface area contributed by atoms with Crippen LogP contribution in [0.2, 0.25) is 5.02 Å². The van der Waals surface area contributed by atoms with Crippen LogP contribution in [-0.2, 0) is 0 Å². The average Bonchev–Trinajstić information content (AvgIpc) is 2.34. The summed E-state index contributed by atoms with van der Waals surface area (Å²) in [7, 11) is 0. The lowest BCUT2D eigenvalue weighted by Crippen LogP contribution is -2.13. The number of nitrogen functional groups attached to an aromatic ring is 1. The van der Waals surface area contributed by atoms with Crippen molar-refractivity contribution in [3.05, 3.63) is 52.8 Å². The lowest BCUT2D eigenvalue weighted by atomic mass is 10.1. The Morgan fingerprint density at radius 2 is 1.95 bits per heavy atom. The Morgan fingerprint density at radius 3 is 2.58 bits per heavy atom. The molecule has 0 radical (unpaired) electrons. The summed E-state index contributed by atoms with van der Waals surface area (Å²) < 4.78 is 12.9. The summed E-state index contributed by atoms with van der Waals surface area (Å²) in [5.41, 5.74) is 12.4. The zero-order valence-corrected chi connectivity index (χ0v) is 10.5. The highest BCUT2D eigenvalue weighted by atomic mass is 35.5. The number of rotatable bonds is 3. The average molecular weight is 280 g/mol. The van der Waals surface area contributed by atoms with Gasteiger partial charge in [0.05, 0.1) is 16.3 Å². The second-order valence-corrected chi connectivity index (χ2v) is 4.32. The summed E-state index contributed by atoms with van der Waals surface area (Å²) in [6.07, 6.45) is 0. The van der Waals surface area contributed by atoms with Crippen LogP contribution in [0.15, 0.2) is 36.4 Å². The van der Waals surface area contributed by atoms with E-state index in [1.807, 2.05) is 0 Å². The number of anilines is 3. The third-order valence-electron chi connectivity index (χ3n) is 2.53. The van der Waals surface area contributed by atoms with Crippen molar-refractivity contribution in [2.45, 2.75) is 0 Å². The van der Waals surface area contributed by atoms with E-state index in [9.17, 15) is 9.18 Å². The van der Waals surface area contributed by atoms with E-state index in [2.05, 4.69) is 5.32 Å². The minimum atomic E-state index is -0.619. The first kappa shape index (κ1) is 13.2. The van der Waals surface area contributed by atoms with Crippen LogP contribution >= 0.6 is 11.6 Å². The van der Waals surface area contributed by atoms with Crippen LogP contribution in [0.3, 0.4) is 0 Å². The number of primary amides is 1. The summed E-state index contributed by atoms with van der Waals surface area (Å²) in [6, 6.07) is 8.70. The number of hydrogen-bond donors (Lipinski definition) is 3. The number of amides is 1. The fraction of sp³-hybridized carbons (Fsp3) is 0. The molecule has 19 heavy (non-hydrogen) atoms. The van der Waals surface area contributed by atoms with Crippen molar-refractivity contribution < 1.29 is 9.18 Å². The number of halogens is 2. The van der Waals surface area contributed by atoms with Gasteiger partial charge in [0.15, 0.2) is 0 Å². The molecule has 0 unspecified atom stereocenters. The summed E-state index contributed by atoms with van der Waals surface area (Å²) in [6.45, 7) is 0. The normalized spacial score (nSPS) is 10.2. The van der Waals surface area contributed by atoms with Crippen LogP contribution in [0, 0.1) is 5.82 Å². The lowest BCUT2D eigenvalue weighted by molar-refractivity contribution is 0.100. The second-order valence-electron chi connectivity index (χ2n) is 3.92. The van der Waals surface area contributed by atoms with Crippen LogP contribution in [0.4, 0.5) is 21.5 Å². The molecule has 98 valence electrons. The Labute approximate surface area is 114 Å². The topological polar surface area (TPSA) is 81.1 Å². The molecule has 2 aromatic rings. The molecule has 0 aromatic heterocycles. The molecule has 0 spiro atoms. The predicted molar refractivity (Wildman–Crippen MR) is 74.1 cm³/mol. The second kappa shape index (κ2) is 5.16. The third kappa shape index (κ3) is 2.95. The zero-order chi connectivity index (χ0) is 14.0. The van der Waals surface area contributed by atoms with Crippen molar-refractivity contribution in [2.24, 2.45) is 5.73 Å². The molecule has 0 aliphatic heterocycles. The van der Waals surface area contributed by atoms with Crippen LogP contribution in [-0.4, -0.2) is 5.91 Å². The van der Waals surface area contributed by atoms with Crippen LogP contribution in [0.5, 0.6) is 0 Å². The molecule has 0 aliphatic rings. The van der Waals surface area contributed by atoms with Gasteiger partial charge in [-0.3, -0.25) is 4.79 Å². The Bertz CT molecular complexity index is 646. The van der Waals surface area contributed by atoms with Gasteiger partial charge in [0.2, 0.25) is 0 Å². The summed E-state index contributed by atoms with van der Waals surface area (Å²) in [5, 5.41) is 3.19. The van der Waals surface area contributed by atoms with E-state index in [0.717, 1.165) is 0 Å². The Balaban J connectivity index is 2.33. The van der Waals surface area contributed by atoms with Crippen molar-refractivity contribution in [2.75, 3.05) is 11.1 Å². The maximum atomic E-state index is 12.9. The molecule has 0 heterocycles. The van der Waals surface area contributed by atoms with E-state index in [0.29, 0.717) is 17.1 Å². The van der Waals surface area contributed by atoms with Gasteiger partial charge in [0.1, 0.15) is 5.82 Å². The molecule has 2 aromatic carbocycles. The Morgan fingerprint density at radius 1 is 1.21 bits per heavy atom. The standard InChI is InChI=1S/C13H11ClFN3O/c14-10-5-7(15)1-4-12(10)18-8-2-3-11(16)9(6-8)13(17)19/h1-6,18H,16H2,(H2,17,19). The van der Waals surface area contributed by atoms with Gasteiger partial charge in [-0.05, 0) is 36.4 Å². The molecule has 5 N–H and O–H groups in total. The van der Waals surface area contributed by atoms with E-state index in [4.69, 9.17) is 23.1 Å². The molecule has 0 atom stereocenters. The molecule has 0 saturated carbocycles. The number of nitrogens with one attached hydrogen (secondary N) is 1. The van der Waals surface area contributed by atoms with Gasteiger partial charge in [-0.25, -0.2) is 4.39 Å². The van der Waals surface area contributed by atoms with Crippen molar-refractivity contribution in [3.8, 4) is 0 Å². The summed E-state index contributed by atoms with van der Waals surface area (Å²) >= 11 is 5.89. The number of hydrogen-bond acceptors (Lipinski definition) is 3. The first-order valence-electron chi connectivity index (χ1n) is 5.39. The fourth-order valence-electron chi connectivity index (χ4n) is 1.59. The number of benzene rings is 2. The maximum absolute atomic E-state index is 12.9. The number of carbonyl (C=O) groups is 1. The van der Waals surface area contributed by atoms with Crippen LogP contribution in [0.1, 0.15) is 10.4 Å². The first-order valence-corrected chi connectivity index (χ1v) is 5.76. The molecule has 0 aliphatic carbocycles. The van der Waals surface area contributed by atoms with E-state index in [1.54, 1.807) is 12.1 Å². The molecule has 1 amide bonds. The van der Waals surface area contributed by atoms with Crippen LogP contribution < -0.4 is 16.8 Å². The van der Waals surface area contributed by atoms with Gasteiger partial charge in [-0.2, -0.15) is 0 Å². The van der Waals surface area contributed by atoms with Gasteiger partial charge in [0.25, 0.3) is 5.91 Å². The van der Waals surface area contributed by atoms with Gasteiger partial charge in [-0.1, -0.05) is 11.6 Å². The van der Waals surface area contributed by atoms with E-state index in [1.165, 1.54) is 24.3 Å². The molecule has 0 bridgehead atoms. The van der Waals surface area contributed by atoms with Crippen molar-refractivity contribution in [1.82, 2.24) is 0 Å². The van der Waals surface area contributed by atoms with Crippen molar-refractivity contribution in [1.29, 1.82) is 0 Å². The molecule has 0 saturated heterocycles. The third-order valence-corrected chi connectivity index (χ3v) is 2.84. The minimum Gasteiger partial charge on any atom is -0.398 e. The lowest BCUT2D eigenvalue weighted by Gasteiger charge is -2.10. The molecule has 6 heteroatoms. The molecule has 0 fully saturated rings. The largest absolute Gasteiger partial charge is 0.398 e. The summed E-state index contributed by atoms with van der Waals surface area (Å²) in [5.74, 6) is -1.04. The van der Waals surface area contributed by atoms with Crippen molar-refractivity contribution >= 4 is 34.6 Å². The molecule has 2 rings (SSSR count). The Hall–Kier alpha value is -2.27. The quantitative estimate of drug-likeness (QED) is 0.756.